The van der Waals surface area contributed by atoms with Gasteiger partial charge in [0, 0.05) is 19.3 Å². The van der Waals surface area contributed by atoms with E-state index in [4.69, 9.17) is 14.2 Å². The summed E-state index contributed by atoms with van der Waals surface area (Å²) in [4.78, 5) is 37.7. The summed E-state index contributed by atoms with van der Waals surface area (Å²) < 4.78 is 16.7. The molecule has 2 unspecified atom stereocenters. The first-order valence-electron chi connectivity index (χ1n) is 23.2. The predicted octanol–water partition coefficient (Wildman–Crippen LogP) is 14.4. The van der Waals surface area contributed by atoms with Gasteiger partial charge in [0.05, 0.1) is 0 Å². The lowest BCUT2D eigenvalue weighted by molar-refractivity contribution is -0.167. The summed E-state index contributed by atoms with van der Waals surface area (Å²) in [7, 11) is 0. The first kappa shape index (κ1) is 51.4. The molecule has 0 rings (SSSR count). The third-order valence-electron chi connectivity index (χ3n) is 11.1. The van der Waals surface area contributed by atoms with Gasteiger partial charge < -0.3 is 14.2 Å². The van der Waals surface area contributed by atoms with Crippen LogP contribution >= 0.6 is 0 Å². The standard InChI is InChI=1S/C47H90O6/c1-7-42(5)34-28-22-15-11-9-10-12-17-24-30-36-45(48)51-39-44(53-47(50)38-32-26-20-19-21-27-33-41(3)4)40-52-46(49)37-31-25-18-14-13-16-23-29-35-43(6)8-2/h41-44H,7-40H2,1-6H3/t42?,43?,44-/m0/s1. The van der Waals surface area contributed by atoms with Crippen LogP contribution in [0.25, 0.3) is 0 Å². The minimum Gasteiger partial charge on any atom is -0.462 e. The minimum atomic E-state index is -0.762. The van der Waals surface area contributed by atoms with Crippen molar-refractivity contribution in [3.63, 3.8) is 0 Å². The Labute approximate surface area is 329 Å². The molecule has 3 atom stereocenters. The van der Waals surface area contributed by atoms with Crippen molar-refractivity contribution in [2.75, 3.05) is 13.2 Å². The Kier molecular flexibility index (Phi) is 37.5. The van der Waals surface area contributed by atoms with Crippen molar-refractivity contribution in [1.82, 2.24) is 0 Å². The molecule has 0 radical (unpaired) electrons. The monoisotopic (exact) mass is 751 g/mol. The highest BCUT2D eigenvalue weighted by atomic mass is 16.6. The molecule has 0 fully saturated rings. The fourth-order valence-corrected chi connectivity index (χ4v) is 6.81. The third-order valence-corrected chi connectivity index (χ3v) is 11.1. The van der Waals surface area contributed by atoms with E-state index in [2.05, 4.69) is 41.5 Å². The van der Waals surface area contributed by atoms with Crippen LogP contribution in [0.5, 0.6) is 0 Å². The van der Waals surface area contributed by atoms with Crippen LogP contribution in [0.3, 0.4) is 0 Å². The molecule has 0 N–H and O–H groups in total. The van der Waals surface area contributed by atoms with E-state index in [0.29, 0.717) is 19.3 Å². The van der Waals surface area contributed by atoms with E-state index >= 15 is 0 Å². The van der Waals surface area contributed by atoms with Gasteiger partial charge in [-0.15, -0.1) is 0 Å². The van der Waals surface area contributed by atoms with Crippen molar-refractivity contribution in [2.45, 2.75) is 253 Å². The second-order valence-corrected chi connectivity index (χ2v) is 17.0. The van der Waals surface area contributed by atoms with E-state index in [-0.39, 0.29) is 31.1 Å². The van der Waals surface area contributed by atoms with Crippen LogP contribution in [0.4, 0.5) is 0 Å². The Morgan fingerprint density at radius 2 is 0.660 bits per heavy atom. The summed E-state index contributed by atoms with van der Waals surface area (Å²) in [6, 6.07) is 0. The Morgan fingerprint density at radius 1 is 0.377 bits per heavy atom. The molecule has 6 heteroatoms. The average Bonchev–Trinajstić information content (AvgIpc) is 3.14. The number of carbonyl (C=O) groups is 3. The van der Waals surface area contributed by atoms with Gasteiger partial charge in [-0.2, -0.15) is 0 Å². The molecule has 314 valence electrons. The fourth-order valence-electron chi connectivity index (χ4n) is 6.81. The highest BCUT2D eigenvalue weighted by Gasteiger charge is 2.19. The first-order chi connectivity index (χ1) is 25.7. The molecule has 0 aliphatic heterocycles. The molecular formula is C47H90O6. The molecule has 0 aromatic carbocycles. The molecule has 0 bridgehead atoms. The maximum atomic E-state index is 12.7. The maximum Gasteiger partial charge on any atom is 0.306 e. The summed E-state index contributed by atoms with van der Waals surface area (Å²) in [5, 5.41) is 0. The van der Waals surface area contributed by atoms with Crippen LogP contribution in [-0.2, 0) is 28.6 Å². The molecule has 0 saturated heterocycles. The molecule has 0 aliphatic rings. The van der Waals surface area contributed by atoms with Crippen LogP contribution in [0.2, 0.25) is 0 Å². The van der Waals surface area contributed by atoms with Crippen LogP contribution in [0, 0.1) is 17.8 Å². The SMILES string of the molecule is CCC(C)CCCCCCCCCCCCC(=O)OC[C@@H](COC(=O)CCCCCCCCCCC(C)CC)OC(=O)CCCCCCCCC(C)C. The first-order valence-corrected chi connectivity index (χ1v) is 23.2. The predicted molar refractivity (Wildman–Crippen MR) is 224 cm³/mol. The third kappa shape index (κ3) is 38.5. The molecule has 0 aromatic rings. The molecule has 0 aliphatic carbocycles. The second-order valence-electron chi connectivity index (χ2n) is 17.0. The Hall–Kier alpha value is -1.59. The van der Waals surface area contributed by atoms with Crippen molar-refractivity contribution in [1.29, 1.82) is 0 Å². The van der Waals surface area contributed by atoms with Gasteiger partial charge in [-0.1, -0.05) is 208 Å². The van der Waals surface area contributed by atoms with Gasteiger partial charge in [-0.05, 0) is 37.0 Å². The van der Waals surface area contributed by atoms with Gasteiger partial charge in [0.15, 0.2) is 6.10 Å². The lowest BCUT2D eigenvalue weighted by Gasteiger charge is -2.18. The van der Waals surface area contributed by atoms with Gasteiger partial charge in [0.2, 0.25) is 0 Å². The Balaban J connectivity index is 4.32. The highest BCUT2D eigenvalue weighted by molar-refractivity contribution is 5.71. The van der Waals surface area contributed by atoms with Gasteiger partial charge in [-0.25, -0.2) is 0 Å². The summed E-state index contributed by atoms with van der Waals surface area (Å²) in [5.74, 6) is 1.61. The average molecular weight is 751 g/mol. The van der Waals surface area contributed by atoms with E-state index < -0.39 is 6.10 Å². The number of rotatable bonds is 40. The fraction of sp³-hybridized carbons (Fsp3) is 0.936. The molecule has 0 amide bonds. The van der Waals surface area contributed by atoms with E-state index in [1.807, 2.05) is 0 Å². The minimum absolute atomic E-state index is 0.0670. The zero-order chi connectivity index (χ0) is 39.2. The van der Waals surface area contributed by atoms with E-state index in [0.717, 1.165) is 75.5 Å². The number of ether oxygens (including phenoxy) is 3. The normalized spacial score (nSPS) is 13.2. The lowest BCUT2D eigenvalue weighted by atomic mass is 9.99. The van der Waals surface area contributed by atoms with Crippen molar-refractivity contribution in [3.8, 4) is 0 Å². The number of unbranched alkanes of at least 4 members (excludes halogenated alkanes) is 21. The van der Waals surface area contributed by atoms with Crippen molar-refractivity contribution >= 4 is 17.9 Å². The molecule has 0 aromatic heterocycles. The van der Waals surface area contributed by atoms with Crippen molar-refractivity contribution < 1.29 is 28.6 Å². The topological polar surface area (TPSA) is 78.9 Å². The van der Waals surface area contributed by atoms with Crippen LogP contribution in [0.1, 0.15) is 247 Å². The maximum absolute atomic E-state index is 12.7. The Morgan fingerprint density at radius 3 is 0.981 bits per heavy atom. The lowest BCUT2D eigenvalue weighted by Crippen LogP contribution is -2.30. The zero-order valence-electron chi connectivity index (χ0n) is 36.3. The molecular weight excluding hydrogens is 661 g/mol. The van der Waals surface area contributed by atoms with Gasteiger partial charge in [-0.3, -0.25) is 14.4 Å². The van der Waals surface area contributed by atoms with E-state index in [1.54, 1.807) is 0 Å². The van der Waals surface area contributed by atoms with Crippen molar-refractivity contribution in [2.24, 2.45) is 17.8 Å². The van der Waals surface area contributed by atoms with Crippen LogP contribution < -0.4 is 0 Å². The van der Waals surface area contributed by atoms with E-state index in [9.17, 15) is 14.4 Å². The van der Waals surface area contributed by atoms with Crippen LogP contribution in [0.15, 0.2) is 0 Å². The van der Waals surface area contributed by atoms with Crippen LogP contribution in [-0.4, -0.2) is 37.2 Å². The van der Waals surface area contributed by atoms with Gasteiger partial charge in [0.25, 0.3) is 0 Å². The summed E-state index contributed by atoms with van der Waals surface area (Å²) in [6.07, 6.45) is 35.2. The number of esters is 3. The number of carbonyl (C=O) groups excluding carboxylic acids is 3. The summed E-state index contributed by atoms with van der Waals surface area (Å²) in [6.45, 7) is 13.6. The molecule has 6 nitrogen and oxygen atoms in total. The Bertz CT molecular complexity index is 826. The summed E-state index contributed by atoms with van der Waals surface area (Å²) >= 11 is 0. The van der Waals surface area contributed by atoms with Crippen molar-refractivity contribution in [3.05, 3.63) is 0 Å². The summed E-state index contributed by atoms with van der Waals surface area (Å²) in [5.41, 5.74) is 0. The highest BCUT2D eigenvalue weighted by Crippen LogP contribution is 2.18. The zero-order valence-corrected chi connectivity index (χ0v) is 36.3. The molecule has 53 heavy (non-hydrogen) atoms. The van der Waals surface area contributed by atoms with E-state index in [1.165, 1.54) is 128 Å². The molecule has 0 spiro atoms. The largest absolute Gasteiger partial charge is 0.462 e. The number of hydrogen-bond donors (Lipinski definition) is 0. The molecule has 0 heterocycles. The number of hydrogen-bond acceptors (Lipinski definition) is 6. The molecule has 0 saturated carbocycles. The van der Waals surface area contributed by atoms with Gasteiger partial charge in [0.1, 0.15) is 13.2 Å². The quantitative estimate of drug-likeness (QED) is 0.0352. The smallest absolute Gasteiger partial charge is 0.306 e. The van der Waals surface area contributed by atoms with Gasteiger partial charge >= 0.3 is 17.9 Å². The second kappa shape index (κ2) is 38.7.